The highest BCUT2D eigenvalue weighted by Gasteiger charge is 2.40. The Morgan fingerprint density at radius 2 is 1.77 bits per heavy atom. The summed E-state index contributed by atoms with van der Waals surface area (Å²) in [5, 5.41) is 5.58. The Kier molecular flexibility index (Phi) is 4.93. The molecule has 4 nitrogen and oxygen atoms in total. The molecule has 0 amide bonds. The van der Waals surface area contributed by atoms with Gasteiger partial charge < -0.3 is 10.1 Å². The van der Waals surface area contributed by atoms with Crippen molar-refractivity contribution in [3.8, 4) is 0 Å². The van der Waals surface area contributed by atoms with E-state index >= 15 is 0 Å². The average Bonchev–Trinajstić information content (AvgIpc) is 3.25. The summed E-state index contributed by atoms with van der Waals surface area (Å²) in [4.78, 5) is 26.5. The van der Waals surface area contributed by atoms with Crippen LogP contribution in [0, 0.1) is 0 Å². The van der Waals surface area contributed by atoms with Crippen molar-refractivity contribution >= 4 is 22.5 Å². The smallest absolute Gasteiger partial charge is 0.337 e. The number of carbonyl (C=O) groups is 2. The second-order valence-corrected chi connectivity index (χ2v) is 8.65. The number of Topliss-reactive ketones (excluding diaryl/α,β-unsaturated/α-hetero) is 1. The van der Waals surface area contributed by atoms with Crippen molar-refractivity contribution < 1.29 is 14.3 Å². The maximum Gasteiger partial charge on any atom is 0.337 e. The number of carbonyl (C=O) groups excluding carboxylic acids is 2. The Balaban J connectivity index is 1.66. The molecule has 1 aliphatic heterocycles. The van der Waals surface area contributed by atoms with Crippen molar-refractivity contribution in [3.63, 3.8) is 0 Å². The molecule has 1 fully saturated rings. The summed E-state index contributed by atoms with van der Waals surface area (Å²) in [6.07, 6.45) is 6.28. The summed E-state index contributed by atoms with van der Waals surface area (Å²) in [6, 6.07) is 14.3. The van der Waals surface area contributed by atoms with Crippen LogP contribution in [0.25, 0.3) is 10.8 Å². The van der Waals surface area contributed by atoms with E-state index in [1.54, 1.807) is 0 Å². The number of allylic oxidation sites excluding steroid dienone is 3. The number of esters is 1. The lowest BCUT2D eigenvalue weighted by Gasteiger charge is -2.35. The van der Waals surface area contributed by atoms with Crippen molar-refractivity contribution in [2.75, 3.05) is 0 Å². The Bertz CT molecular complexity index is 1080. The minimum atomic E-state index is -0.381. The largest absolute Gasteiger partial charge is 0.459 e. The van der Waals surface area contributed by atoms with E-state index in [-0.39, 0.29) is 23.8 Å². The lowest BCUT2D eigenvalue weighted by molar-refractivity contribution is -0.144. The molecule has 5 rings (SSSR count). The van der Waals surface area contributed by atoms with E-state index in [1.807, 2.05) is 25.1 Å². The predicted molar refractivity (Wildman–Crippen MR) is 117 cm³/mol. The third-order valence-electron chi connectivity index (χ3n) is 6.71. The summed E-state index contributed by atoms with van der Waals surface area (Å²) in [5.41, 5.74) is 4.13. The van der Waals surface area contributed by atoms with Gasteiger partial charge in [-0.3, -0.25) is 4.79 Å². The predicted octanol–water partition coefficient (Wildman–Crippen LogP) is 5.29. The number of hydrogen-bond acceptors (Lipinski definition) is 4. The molecule has 0 aromatic heterocycles. The van der Waals surface area contributed by atoms with Gasteiger partial charge in [-0.05, 0) is 61.8 Å². The summed E-state index contributed by atoms with van der Waals surface area (Å²) in [5.74, 6) is -0.524. The van der Waals surface area contributed by atoms with E-state index < -0.39 is 0 Å². The van der Waals surface area contributed by atoms with Crippen LogP contribution in [-0.2, 0) is 14.3 Å². The van der Waals surface area contributed by atoms with Crippen molar-refractivity contribution in [2.45, 2.75) is 63.9 Å². The molecule has 3 aliphatic rings. The van der Waals surface area contributed by atoms with Gasteiger partial charge in [0.25, 0.3) is 0 Å². The van der Waals surface area contributed by atoms with Gasteiger partial charge in [-0.25, -0.2) is 4.79 Å². The van der Waals surface area contributed by atoms with Crippen molar-refractivity contribution in [2.24, 2.45) is 0 Å². The maximum absolute atomic E-state index is 13.4. The molecule has 1 N–H and O–H groups in total. The van der Waals surface area contributed by atoms with Crippen LogP contribution >= 0.6 is 0 Å². The van der Waals surface area contributed by atoms with E-state index in [2.05, 4.69) is 29.6 Å². The molecule has 154 valence electrons. The zero-order valence-corrected chi connectivity index (χ0v) is 17.4. The molecule has 0 radical (unpaired) electrons. The minimum Gasteiger partial charge on any atom is -0.459 e. The van der Waals surface area contributed by atoms with Gasteiger partial charge in [0.15, 0.2) is 5.78 Å². The van der Waals surface area contributed by atoms with E-state index in [4.69, 9.17) is 4.74 Å². The molecule has 1 atom stereocenters. The minimum absolute atomic E-state index is 0.0107. The topological polar surface area (TPSA) is 55.4 Å². The van der Waals surface area contributed by atoms with Gasteiger partial charge in [0, 0.05) is 29.3 Å². The summed E-state index contributed by atoms with van der Waals surface area (Å²) in [6.45, 7) is 1.94. The van der Waals surface area contributed by atoms with Gasteiger partial charge in [-0.15, -0.1) is 0 Å². The first-order chi connectivity index (χ1) is 14.6. The highest BCUT2D eigenvalue weighted by atomic mass is 16.5. The average molecular weight is 402 g/mol. The van der Waals surface area contributed by atoms with Crippen LogP contribution in [0.4, 0.5) is 0 Å². The van der Waals surface area contributed by atoms with Crippen LogP contribution < -0.4 is 5.32 Å². The number of fused-ring (bicyclic) bond motifs is 1. The van der Waals surface area contributed by atoms with Crippen molar-refractivity contribution in [1.82, 2.24) is 5.32 Å². The number of rotatable bonds is 3. The van der Waals surface area contributed by atoms with Crippen molar-refractivity contribution in [3.05, 3.63) is 70.6 Å². The quantitative estimate of drug-likeness (QED) is 0.710. The number of benzene rings is 2. The van der Waals surface area contributed by atoms with E-state index in [1.165, 1.54) is 0 Å². The molecule has 1 heterocycles. The van der Waals surface area contributed by atoms with Gasteiger partial charge in [-0.2, -0.15) is 0 Å². The fourth-order valence-corrected chi connectivity index (χ4v) is 5.29. The first kappa shape index (κ1) is 19.1. The molecule has 1 saturated carbocycles. The zero-order chi connectivity index (χ0) is 20.7. The number of ketones is 1. The maximum atomic E-state index is 13.4. The number of hydrogen-bond donors (Lipinski definition) is 1. The highest BCUT2D eigenvalue weighted by molar-refractivity contribution is 6.05. The first-order valence-corrected chi connectivity index (χ1v) is 11.1. The fraction of sp³-hybridized carbons (Fsp3) is 0.385. The molecule has 0 spiro atoms. The summed E-state index contributed by atoms with van der Waals surface area (Å²) >= 11 is 0. The van der Waals surface area contributed by atoms with Crippen LogP contribution in [0.5, 0.6) is 0 Å². The van der Waals surface area contributed by atoms with E-state index in [0.717, 1.165) is 71.8 Å². The first-order valence-electron chi connectivity index (χ1n) is 11.1. The fourth-order valence-electron chi connectivity index (χ4n) is 5.29. The monoisotopic (exact) mass is 401 g/mol. The Hall–Kier alpha value is -2.88. The third-order valence-corrected chi connectivity index (χ3v) is 6.71. The lowest BCUT2D eigenvalue weighted by atomic mass is 9.74. The van der Waals surface area contributed by atoms with E-state index in [0.29, 0.717) is 12.0 Å². The summed E-state index contributed by atoms with van der Waals surface area (Å²) < 4.78 is 5.93. The SMILES string of the molecule is CC1=C(C(=O)OC2CCCC2)C(c2cccc3ccccc23)C2=C(CCCC2=O)N1. The molecule has 2 aromatic rings. The Labute approximate surface area is 177 Å². The standard InChI is InChI=1S/C26H27NO3/c1-16-23(26(29)30-18-10-3-4-11-18)24(25-21(27-16)14-7-15-22(25)28)20-13-6-9-17-8-2-5-12-19(17)20/h2,5-6,8-9,12-13,18,24,27H,3-4,7,10-11,14-15H2,1H3. The molecular weight excluding hydrogens is 374 g/mol. The molecule has 0 saturated heterocycles. The van der Waals surface area contributed by atoms with Crippen LogP contribution in [0.2, 0.25) is 0 Å². The number of nitrogens with one attached hydrogen (secondary N) is 1. The zero-order valence-electron chi connectivity index (χ0n) is 17.4. The molecular formula is C26H27NO3. The van der Waals surface area contributed by atoms with Crippen LogP contribution in [-0.4, -0.2) is 17.9 Å². The van der Waals surface area contributed by atoms with Gasteiger partial charge in [0.2, 0.25) is 0 Å². The second-order valence-electron chi connectivity index (χ2n) is 8.65. The molecule has 30 heavy (non-hydrogen) atoms. The normalized spacial score (nSPS) is 22.3. The van der Waals surface area contributed by atoms with Crippen LogP contribution in [0.3, 0.4) is 0 Å². The molecule has 0 bridgehead atoms. The molecule has 1 unspecified atom stereocenters. The van der Waals surface area contributed by atoms with Crippen LogP contribution in [0.15, 0.2) is 65.0 Å². The second kappa shape index (κ2) is 7.75. The third kappa shape index (κ3) is 3.24. The van der Waals surface area contributed by atoms with Gasteiger partial charge >= 0.3 is 5.97 Å². The number of dihydropyridines is 1. The van der Waals surface area contributed by atoms with Gasteiger partial charge in [-0.1, -0.05) is 42.5 Å². The summed E-state index contributed by atoms with van der Waals surface area (Å²) in [7, 11) is 0. The van der Waals surface area contributed by atoms with Crippen LogP contribution in [0.1, 0.15) is 63.4 Å². The Morgan fingerprint density at radius 3 is 2.60 bits per heavy atom. The highest BCUT2D eigenvalue weighted by Crippen LogP contribution is 2.44. The van der Waals surface area contributed by atoms with Crippen molar-refractivity contribution in [1.29, 1.82) is 0 Å². The van der Waals surface area contributed by atoms with Gasteiger partial charge in [0.05, 0.1) is 5.57 Å². The number of ether oxygens (including phenoxy) is 1. The molecule has 2 aliphatic carbocycles. The lowest BCUT2D eigenvalue weighted by Crippen LogP contribution is -2.35. The van der Waals surface area contributed by atoms with Gasteiger partial charge in [0.1, 0.15) is 6.10 Å². The Morgan fingerprint density at radius 1 is 1.00 bits per heavy atom. The molecule has 4 heteroatoms. The molecule has 2 aromatic carbocycles. The van der Waals surface area contributed by atoms with E-state index in [9.17, 15) is 9.59 Å².